The number of fused-ring (bicyclic) bond motifs is 1. The zero-order chi connectivity index (χ0) is 10.8. The van der Waals surface area contributed by atoms with Gasteiger partial charge in [0.05, 0.1) is 5.92 Å². The van der Waals surface area contributed by atoms with Gasteiger partial charge in [-0.15, -0.1) is 0 Å². The topological polar surface area (TPSA) is 55.8 Å². The van der Waals surface area contributed by atoms with Gasteiger partial charge in [0.15, 0.2) is 5.79 Å². The summed E-state index contributed by atoms with van der Waals surface area (Å²) in [5.74, 6) is -0.870. The van der Waals surface area contributed by atoms with Gasteiger partial charge >= 0.3 is 5.97 Å². The first-order valence-corrected chi connectivity index (χ1v) is 5.27. The van der Waals surface area contributed by atoms with E-state index in [9.17, 15) is 9.90 Å². The first-order valence-electron chi connectivity index (χ1n) is 5.27. The molecule has 0 aromatic rings. The molecule has 0 aromatic carbocycles. The quantitative estimate of drug-likeness (QED) is 0.535. The SMILES string of the molecule is C=CC(=O)OC1(C)CCC2C3C1O[C@@]23O. The van der Waals surface area contributed by atoms with E-state index in [1.165, 1.54) is 0 Å². The van der Waals surface area contributed by atoms with Crippen LogP contribution >= 0.6 is 0 Å². The van der Waals surface area contributed by atoms with E-state index in [4.69, 9.17) is 9.47 Å². The van der Waals surface area contributed by atoms with Crippen LogP contribution in [0.2, 0.25) is 0 Å². The summed E-state index contributed by atoms with van der Waals surface area (Å²) in [5.41, 5.74) is -0.588. The third kappa shape index (κ3) is 0.961. The minimum absolute atomic E-state index is 0.134. The van der Waals surface area contributed by atoms with Gasteiger partial charge in [-0.3, -0.25) is 0 Å². The van der Waals surface area contributed by atoms with Crippen LogP contribution in [0.3, 0.4) is 0 Å². The van der Waals surface area contributed by atoms with E-state index in [0.717, 1.165) is 18.9 Å². The lowest BCUT2D eigenvalue weighted by atomic mass is 9.82. The Balaban J connectivity index is 1.77. The summed E-state index contributed by atoms with van der Waals surface area (Å²) in [7, 11) is 0. The Bertz CT molecular complexity index is 352. The Hall–Kier alpha value is -0.870. The molecule has 1 saturated heterocycles. The average Bonchev–Trinajstić information content (AvgIpc) is 2.66. The zero-order valence-corrected chi connectivity index (χ0v) is 8.60. The van der Waals surface area contributed by atoms with Crippen molar-refractivity contribution in [1.82, 2.24) is 0 Å². The Kier molecular flexibility index (Phi) is 1.52. The first kappa shape index (κ1) is 9.36. The van der Waals surface area contributed by atoms with Crippen molar-refractivity contribution < 1.29 is 19.4 Å². The number of carbonyl (C=O) groups is 1. The van der Waals surface area contributed by atoms with Gasteiger partial charge in [-0.2, -0.15) is 0 Å². The molecule has 3 fully saturated rings. The molecule has 0 aromatic heterocycles. The molecule has 15 heavy (non-hydrogen) atoms. The van der Waals surface area contributed by atoms with Gasteiger partial charge in [0, 0.05) is 12.0 Å². The van der Waals surface area contributed by atoms with Crippen molar-refractivity contribution in [2.45, 2.75) is 37.3 Å². The van der Waals surface area contributed by atoms with Crippen LogP contribution in [0.15, 0.2) is 12.7 Å². The number of hydrogen-bond donors (Lipinski definition) is 1. The van der Waals surface area contributed by atoms with E-state index in [-0.39, 0.29) is 17.9 Å². The van der Waals surface area contributed by atoms with Crippen molar-refractivity contribution in [2.75, 3.05) is 0 Å². The molecule has 4 heteroatoms. The van der Waals surface area contributed by atoms with E-state index in [2.05, 4.69) is 6.58 Å². The van der Waals surface area contributed by atoms with Gasteiger partial charge in [-0.05, 0) is 19.8 Å². The fraction of sp³-hybridized carbons (Fsp3) is 0.727. The van der Waals surface area contributed by atoms with Crippen molar-refractivity contribution in [2.24, 2.45) is 11.8 Å². The van der Waals surface area contributed by atoms with Crippen LogP contribution in [0, 0.1) is 11.8 Å². The molecule has 1 heterocycles. The second-order valence-electron chi connectivity index (χ2n) is 4.90. The predicted molar refractivity (Wildman–Crippen MR) is 50.7 cm³/mol. The molecule has 82 valence electrons. The maximum absolute atomic E-state index is 11.2. The molecule has 3 aliphatic rings. The van der Waals surface area contributed by atoms with Crippen LogP contribution in [0.1, 0.15) is 19.8 Å². The first-order chi connectivity index (χ1) is 7.01. The fourth-order valence-corrected chi connectivity index (χ4v) is 3.10. The zero-order valence-electron chi connectivity index (χ0n) is 8.60. The molecule has 0 bridgehead atoms. The lowest BCUT2D eigenvalue weighted by Gasteiger charge is -2.43. The molecule has 0 amide bonds. The highest BCUT2D eigenvalue weighted by atomic mass is 16.7. The molecular formula is C11H14O4. The summed E-state index contributed by atoms with van der Waals surface area (Å²) < 4.78 is 10.8. The summed E-state index contributed by atoms with van der Waals surface area (Å²) in [6.07, 6.45) is 2.64. The van der Waals surface area contributed by atoms with Crippen molar-refractivity contribution in [3.8, 4) is 0 Å². The lowest BCUT2D eigenvalue weighted by molar-refractivity contribution is -0.292. The molecular weight excluding hydrogens is 196 g/mol. The van der Waals surface area contributed by atoms with Gasteiger partial charge in [-0.25, -0.2) is 4.79 Å². The van der Waals surface area contributed by atoms with Crippen LogP contribution < -0.4 is 0 Å². The van der Waals surface area contributed by atoms with Crippen molar-refractivity contribution in [3.05, 3.63) is 12.7 Å². The van der Waals surface area contributed by atoms with E-state index < -0.39 is 17.4 Å². The normalized spacial score (nSPS) is 54.9. The molecule has 4 nitrogen and oxygen atoms in total. The van der Waals surface area contributed by atoms with Crippen LogP contribution in [-0.2, 0) is 14.3 Å². The van der Waals surface area contributed by atoms with Crippen molar-refractivity contribution in [1.29, 1.82) is 0 Å². The summed E-state index contributed by atoms with van der Waals surface area (Å²) in [6, 6.07) is 0. The second-order valence-corrected chi connectivity index (χ2v) is 4.90. The summed E-state index contributed by atoms with van der Waals surface area (Å²) in [5, 5.41) is 9.80. The average molecular weight is 210 g/mol. The molecule has 2 aliphatic carbocycles. The van der Waals surface area contributed by atoms with Gasteiger partial charge in [0.1, 0.15) is 11.7 Å². The summed E-state index contributed by atoms with van der Waals surface area (Å²) >= 11 is 0. The second kappa shape index (κ2) is 2.44. The molecule has 2 saturated carbocycles. The molecule has 1 aliphatic heterocycles. The smallest absolute Gasteiger partial charge is 0.330 e. The van der Waals surface area contributed by atoms with Crippen LogP contribution in [0.25, 0.3) is 0 Å². The maximum atomic E-state index is 11.2. The van der Waals surface area contributed by atoms with Gasteiger partial charge < -0.3 is 14.6 Å². The number of rotatable bonds is 2. The minimum atomic E-state index is -0.886. The molecule has 4 unspecified atom stereocenters. The van der Waals surface area contributed by atoms with Gasteiger partial charge in [0.25, 0.3) is 0 Å². The van der Waals surface area contributed by atoms with Crippen molar-refractivity contribution in [3.63, 3.8) is 0 Å². The van der Waals surface area contributed by atoms with Crippen LogP contribution in [-0.4, -0.2) is 28.6 Å². The Morgan fingerprint density at radius 2 is 2.47 bits per heavy atom. The van der Waals surface area contributed by atoms with E-state index >= 15 is 0 Å². The summed E-state index contributed by atoms with van der Waals surface area (Å²) in [6.45, 7) is 5.24. The van der Waals surface area contributed by atoms with Gasteiger partial charge in [-0.1, -0.05) is 6.58 Å². The van der Waals surface area contributed by atoms with E-state index in [0.29, 0.717) is 0 Å². The highest BCUT2D eigenvalue weighted by Crippen LogP contribution is 2.71. The standard InChI is InChI=1S/C11H14O4/c1-3-7(12)14-10(2)5-4-6-8-9(10)15-11(6,8)13/h3,6,8-9,13H,1,4-5H2,2H3/t6?,8?,9?,10?,11-/m0/s1. The van der Waals surface area contributed by atoms with E-state index in [1.807, 2.05) is 6.92 Å². The molecule has 1 N–H and O–H groups in total. The number of carbonyl (C=O) groups excluding carboxylic acids is 1. The third-order valence-electron chi connectivity index (χ3n) is 4.03. The third-order valence-corrected chi connectivity index (χ3v) is 4.03. The lowest BCUT2D eigenvalue weighted by Crippen LogP contribution is -2.55. The monoisotopic (exact) mass is 210 g/mol. The van der Waals surface area contributed by atoms with Gasteiger partial charge in [0.2, 0.25) is 0 Å². The molecule has 5 atom stereocenters. The molecule has 3 rings (SSSR count). The highest BCUT2D eigenvalue weighted by Gasteiger charge is 2.83. The Morgan fingerprint density at radius 1 is 1.73 bits per heavy atom. The highest BCUT2D eigenvalue weighted by molar-refractivity contribution is 5.81. The number of ether oxygens (including phenoxy) is 2. The predicted octanol–water partition coefficient (Wildman–Crippen LogP) is 0.601. The number of aliphatic hydroxyl groups is 1. The van der Waals surface area contributed by atoms with Crippen LogP contribution in [0.5, 0.6) is 0 Å². The molecule has 0 spiro atoms. The van der Waals surface area contributed by atoms with E-state index in [1.54, 1.807) is 0 Å². The summed E-state index contributed by atoms with van der Waals surface area (Å²) in [4.78, 5) is 11.2. The molecule has 0 radical (unpaired) electrons. The largest absolute Gasteiger partial charge is 0.453 e. The number of hydrogen-bond acceptors (Lipinski definition) is 4. The number of esters is 1. The van der Waals surface area contributed by atoms with Crippen LogP contribution in [0.4, 0.5) is 0 Å². The minimum Gasteiger partial charge on any atom is -0.453 e. The van der Waals surface area contributed by atoms with Crippen molar-refractivity contribution >= 4 is 5.97 Å². The Labute approximate surface area is 87.9 Å². The fourth-order valence-electron chi connectivity index (χ4n) is 3.10. The maximum Gasteiger partial charge on any atom is 0.330 e. The Morgan fingerprint density at radius 3 is 3.13 bits per heavy atom.